The summed E-state index contributed by atoms with van der Waals surface area (Å²) in [5.41, 5.74) is 0. The van der Waals surface area contributed by atoms with Crippen molar-refractivity contribution >= 4 is 17.8 Å². The standard InChI is InChI=1S/C14H26N6O/c1-4-11(3)10-16-13-17-12(15-5-2)18-14(19-13)20-6-8-21-9-7-20/h11H,4-10H2,1-3H3,(H2,15,16,17,18,19). The normalized spacial score (nSPS) is 16.6. The van der Waals surface area contributed by atoms with Crippen LogP contribution in [0.3, 0.4) is 0 Å². The van der Waals surface area contributed by atoms with E-state index in [1.165, 1.54) is 0 Å². The van der Waals surface area contributed by atoms with Gasteiger partial charge < -0.3 is 20.3 Å². The Hall–Kier alpha value is -1.63. The summed E-state index contributed by atoms with van der Waals surface area (Å²) in [7, 11) is 0. The lowest BCUT2D eigenvalue weighted by atomic mass is 10.1. The molecule has 0 saturated carbocycles. The largest absolute Gasteiger partial charge is 0.378 e. The van der Waals surface area contributed by atoms with Crippen molar-refractivity contribution in [1.82, 2.24) is 15.0 Å². The number of nitrogens with one attached hydrogen (secondary N) is 2. The average molecular weight is 294 g/mol. The van der Waals surface area contributed by atoms with Crippen molar-refractivity contribution in [3.05, 3.63) is 0 Å². The second kappa shape index (κ2) is 7.97. The van der Waals surface area contributed by atoms with E-state index >= 15 is 0 Å². The van der Waals surface area contributed by atoms with E-state index in [1.807, 2.05) is 6.92 Å². The van der Waals surface area contributed by atoms with Crippen LogP contribution >= 0.6 is 0 Å². The Balaban J connectivity index is 2.12. The zero-order valence-electron chi connectivity index (χ0n) is 13.2. The molecule has 0 aromatic carbocycles. The topological polar surface area (TPSA) is 75.2 Å². The highest BCUT2D eigenvalue weighted by molar-refractivity contribution is 5.44. The number of anilines is 3. The van der Waals surface area contributed by atoms with E-state index in [9.17, 15) is 0 Å². The third-order valence-corrected chi connectivity index (χ3v) is 3.56. The first-order valence-electron chi connectivity index (χ1n) is 7.79. The monoisotopic (exact) mass is 294 g/mol. The predicted octanol–water partition coefficient (Wildman–Crippen LogP) is 1.60. The molecule has 1 aliphatic rings. The second-order valence-electron chi connectivity index (χ2n) is 5.31. The van der Waals surface area contributed by atoms with Crippen LogP contribution in [0, 0.1) is 5.92 Å². The molecule has 1 aromatic heterocycles. The van der Waals surface area contributed by atoms with Crippen molar-refractivity contribution < 1.29 is 4.74 Å². The molecule has 2 N–H and O–H groups in total. The van der Waals surface area contributed by atoms with Crippen molar-refractivity contribution in [2.75, 3.05) is 54.9 Å². The number of morpholine rings is 1. The van der Waals surface area contributed by atoms with Gasteiger partial charge in [-0.15, -0.1) is 0 Å². The quantitative estimate of drug-likeness (QED) is 0.791. The molecule has 0 aliphatic carbocycles. The molecule has 21 heavy (non-hydrogen) atoms. The average Bonchev–Trinajstić information content (AvgIpc) is 2.53. The van der Waals surface area contributed by atoms with Gasteiger partial charge in [0, 0.05) is 26.2 Å². The summed E-state index contributed by atoms with van der Waals surface area (Å²) in [6.45, 7) is 11.2. The van der Waals surface area contributed by atoms with Crippen LogP contribution in [0.25, 0.3) is 0 Å². The maximum absolute atomic E-state index is 5.38. The Bertz CT molecular complexity index is 435. The van der Waals surface area contributed by atoms with Crippen molar-refractivity contribution in [2.45, 2.75) is 27.2 Å². The third-order valence-electron chi connectivity index (χ3n) is 3.56. The third kappa shape index (κ3) is 4.70. The first-order chi connectivity index (χ1) is 10.2. The van der Waals surface area contributed by atoms with Crippen LogP contribution in [0.15, 0.2) is 0 Å². The van der Waals surface area contributed by atoms with Gasteiger partial charge in [-0.05, 0) is 12.8 Å². The maximum atomic E-state index is 5.38. The molecule has 1 saturated heterocycles. The molecule has 0 spiro atoms. The number of rotatable bonds is 7. The molecule has 1 aliphatic heterocycles. The van der Waals surface area contributed by atoms with Gasteiger partial charge in [0.05, 0.1) is 13.2 Å². The molecular weight excluding hydrogens is 268 g/mol. The van der Waals surface area contributed by atoms with E-state index in [1.54, 1.807) is 0 Å². The van der Waals surface area contributed by atoms with Gasteiger partial charge in [-0.25, -0.2) is 0 Å². The van der Waals surface area contributed by atoms with Crippen molar-refractivity contribution in [3.8, 4) is 0 Å². The van der Waals surface area contributed by atoms with Crippen molar-refractivity contribution in [1.29, 1.82) is 0 Å². The molecule has 7 heteroatoms. The summed E-state index contributed by atoms with van der Waals surface area (Å²) in [6.07, 6.45) is 1.13. The minimum absolute atomic E-state index is 0.594. The van der Waals surface area contributed by atoms with E-state index in [4.69, 9.17) is 4.74 Å². The van der Waals surface area contributed by atoms with Gasteiger partial charge in [-0.3, -0.25) is 0 Å². The Morgan fingerprint density at radius 1 is 1.10 bits per heavy atom. The smallest absolute Gasteiger partial charge is 0.232 e. The molecule has 118 valence electrons. The summed E-state index contributed by atoms with van der Waals surface area (Å²) in [5, 5.41) is 6.48. The molecule has 7 nitrogen and oxygen atoms in total. The van der Waals surface area contributed by atoms with Crippen LogP contribution in [0.4, 0.5) is 17.8 Å². The van der Waals surface area contributed by atoms with Gasteiger partial charge in [0.25, 0.3) is 0 Å². The Morgan fingerprint density at radius 2 is 1.76 bits per heavy atom. The number of aromatic nitrogens is 3. The van der Waals surface area contributed by atoms with Gasteiger partial charge in [0.15, 0.2) is 0 Å². The van der Waals surface area contributed by atoms with Crippen molar-refractivity contribution in [3.63, 3.8) is 0 Å². The lowest BCUT2D eigenvalue weighted by molar-refractivity contribution is 0.122. The van der Waals surface area contributed by atoms with Crippen molar-refractivity contribution in [2.24, 2.45) is 5.92 Å². The first-order valence-corrected chi connectivity index (χ1v) is 7.79. The summed E-state index contributed by atoms with van der Waals surface area (Å²) >= 11 is 0. The number of hydrogen-bond acceptors (Lipinski definition) is 7. The van der Waals surface area contributed by atoms with E-state index in [0.717, 1.165) is 51.8 Å². The molecule has 0 radical (unpaired) electrons. The van der Waals surface area contributed by atoms with E-state index in [2.05, 4.69) is 44.3 Å². The van der Waals surface area contributed by atoms with Gasteiger partial charge in [-0.1, -0.05) is 20.3 Å². The Morgan fingerprint density at radius 3 is 2.38 bits per heavy atom. The van der Waals surface area contributed by atoms with Crippen LogP contribution in [0.2, 0.25) is 0 Å². The highest BCUT2D eigenvalue weighted by atomic mass is 16.5. The second-order valence-corrected chi connectivity index (χ2v) is 5.31. The minimum Gasteiger partial charge on any atom is -0.378 e. The summed E-state index contributed by atoms with van der Waals surface area (Å²) in [5.74, 6) is 2.58. The zero-order valence-corrected chi connectivity index (χ0v) is 13.2. The van der Waals surface area contributed by atoms with E-state index < -0.39 is 0 Å². The SMILES string of the molecule is CCNc1nc(NCC(C)CC)nc(N2CCOCC2)n1. The molecule has 0 amide bonds. The van der Waals surface area contributed by atoms with Crippen LogP contribution < -0.4 is 15.5 Å². The van der Waals surface area contributed by atoms with Crippen LogP contribution in [-0.2, 0) is 4.74 Å². The van der Waals surface area contributed by atoms with Gasteiger partial charge in [0.2, 0.25) is 17.8 Å². The van der Waals surface area contributed by atoms with Gasteiger partial charge >= 0.3 is 0 Å². The molecular formula is C14H26N6O. The maximum Gasteiger partial charge on any atom is 0.232 e. The van der Waals surface area contributed by atoms with Crippen LogP contribution in [0.1, 0.15) is 27.2 Å². The highest BCUT2D eigenvalue weighted by Gasteiger charge is 2.16. The minimum atomic E-state index is 0.594. The lowest BCUT2D eigenvalue weighted by Gasteiger charge is -2.27. The Labute approximate surface area is 126 Å². The van der Waals surface area contributed by atoms with Gasteiger partial charge in [0.1, 0.15) is 0 Å². The van der Waals surface area contributed by atoms with Gasteiger partial charge in [-0.2, -0.15) is 15.0 Å². The molecule has 1 atom stereocenters. The fourth-order valence-corrected chi connectivity index (χ4v) is 2.00. The molecule has 1 aromatic rings. The molecule has 1 fully saturated rings. The summed E-state index contributed by atoms with van der Waals surface area (Å²) in [6, 6.07) is 0. The number of nitrogens with zero attached hydrogens (tertiary/aromatic N) is 4. The van der Waals surface area contributed by atoms with E-state index in [0.29, 0.717) is 17.8 Å². The van der Waals surface area contributed by atoms with Crippen LogP contribution in [-0.4, -0.2) is 54.3 Å². The number of ether oxygens (including phenoxy) is 1. The summed E-state index contributed by atoms with van der Waals surface area (Å²) in [4.78, 5) is 15.6. The molecule has 2 rings (SSSR count). The summed E-state index contributed by atoms with van der Waals surface area (Å²) < 4.78 is 5.38. The predicted molar refractivity (Wildman–Crippen MR) is 85.0 cm³/mol. The first kappa shape index (κ1) is 15.8. The fourth-order valence-electron chi connectivity index (χ4n) is 2.00. The molecule has 2 heterocycles. The molecule has 0 bridgehead atoms. The number of hydrogen-bond donors (Lipinski definition) is 2. The fraction of sp³-hybridized carbons (Fsp3) is 0.786. The molecule has 1 unspecified atom stereocenters. The lowest BCUT2D eigenvalue weighted by Crippen LogP contribution is -2.37. The van der Waals surface area contributed by atoms with Crippen LogP contribution in [0.5, 0.6) is 0 Å². The van der Waals surface area contributed by atoms with E-state index in [-0.39, 0.29) is 0 Å². The highest BCUT2D eigenvalue weighted by Crippen LogP contribution is 2.15. The zero-order chi connectivity index (χ0) is 15.1. The Kier molecular flexibility index (Phi) is 5.98.